The first-order chi connectivity index (χ1) is 22.1. The van der Waals surface area contributed by atoms with Gasteiger partial charge in [0.1, 0.15) is 0 Å². The monoisotopic (exact) mass is 848 g/mol. The Kier molecular flexibility index (Phi) is 14.1. The molecule has 0 spiro atoms. The fourth-order valence-electron chi connectivity index (χ4n) is 4.78. The fourth-order valence-corrected chi connectivity index (χ4v) is 6.45. The van der Waals surface area contributed by atoms with Crippen molar-refractivity contribution in [2.45, 2.75) is 51.3 Å². The number of imidazole rings is 1. The van der Waals surface area contributed by atoms with Crippen LogP contribution >= 0.6 is 0 Å². The summed E-state index contributed by atoms with van der Waals surface area (Å²) >= 11 is 0.532. The molecule has 2 aromatic carbocycles. The normalized spacial score (nSPS) is 12.3. The predicted molar refractivity (Wildman–Crippen MR) is 177 cm³/mol. The van der Waals surface area contributed by atoms with Gasteiger partial charge in [-0.05, 0) is 19.1 Å². The van der Waals surface area contributed by atoms with Crippen LogP contribution in [0.4, 0.5) is 5.82 Å². The molecular formula is C32H43N4O8STl. The molecule has 1 N–H and O–H groups in total. The Balaban J connectivity index is 1.15. The number of aromatic nitrogens is 3. The molecule has 0 aliphatic carbocycles. The van der Waals surface area contributed by atoms with Gasteiger partial charge in [-0.2, -0.15) is 8.42 Å². The summed E-state index contributed by atoms with van der Waals surface area (Å²) in [4.78, 5) is 9.89. The average molecular weight is 848 g/mol. The standard InChI is InChI=1S/C32H43N4O8S.Tl/c1-5-39-22-28-35-29-30(26-8-6-7-9-27(26)34-31(29)33)36(28)23-32(3,4)43-20-18-41-16-14-40-15-17-42-19-21-44-45(37,38)25-12-10-24(2)11-13-25;/h6-13H,5,14-23H2,1-4H3,(H-,33,34);/q-1;+1. The molecule has 4 rings (SSSR count). The number of benzene rings is 2. The summed E-state index contributed by atoms with van der Waals surface area (Å²) in [6, 6.07) is 14.6. The number of hydrogen-bond donors (Lipinski definition) is 1. The fraction of sp³-hybridized carbons (Fsp3) is 0.500. The van der Waals surface area contributed by atoms with Crippen LogP contribution < -0.4 is 3.13 Å². The average Bonchev–Trinajstić information content (AvgIpc) is 3.39. The zero-order chi connectivity index (χ0) is 33.0. The van der Waals surface area contributed by atoms with Crippen molar-refractivity contribution in [1.82, 2.24) is 14.5 Å². The maximum atomic E-state index is 12.2. The third-order valence-electron chi connectivity index (χ3n) is 7.01. The van der Waals surface area contributed by atoms with E-state index in [1.54, 1.807) is 12.1 Å². The molecule has 14 heteroatoms. The number of nitrogens with zero attached hydrogens (tertiary/aromatic N) is 3. The summed E-state index contributed by atoms with van der Waals surface area (Å²) in [6.07, 6.45) is 0. The Morgan fingerprint density at radius 1 is 0.848 bits per heavy atom. The molecule has 46 heavy (non-hydrogen) atoms. The maximum absolute atomic E-state index is 12.2. The van der Waals surface area contributed by atoms with Gasteiger partial charge in [-0.25, -0.2) is 0 Å². The Labute approximate surface area is 287 Å². The van der Waals surface area contributed by atoms with E-state index in [9.17, 15) is 8.42 Å². The van der Waals surface area contributed by atoms with Crippen molar-refractivity contribution < 1.29 is 36.3 Å². The molecule has 0 amide bonds. The van der Waals surface area contributed by atoms with E-state index in [-0.39, 0.29) is 18.1 Å². The number of fused-ring (bicyclic) bond motifs is 3. The zero-order valence-electron chi connectivity index (χ0n) is 27.0. The van der Waals surface area contributed by atoms with Crippen molar-refractivity contribution in [2.24, 2.45) is 0 Å². The molecule has 4 aromatic rings. The summed E-state index contributed by atoms with van der Waals surface area (Å²) in [5.74, 6) is 1.64. The first-order valence-corrected chi connectivity index (χ1v) is 19.0. The van der Waals surface area contributed by atoms with Gasteiger partial charge in [0, 0.05) is 0 Å². The van der Waals surface area contributed by atoms with Crippen LogP contribution in [0.3, 0.4) is 0 Å². The van der Waals surface area contributed by atoms with Crippen molar-refractivity contribution in [2.75, 3.05) is 62.6 Å². The minimum Gasteiger partial charge on any atom is -0.377 e. The van der Waals surface area contributed by atoms with Crippen LogP contribution in [0.2, 0.25) is 0 Å². The van der Waals surface area contributed by atoms with Crippen LogP contribution in [-0.4, -0.2) is 114 Å². The van der Waals surface area contributed by atoms with Crippen molar-refractivity contribution in [3.05, 3.63) is 59.9 Å². The van der Waals surface area contributed by atoms with Gasteiger partial charge in [0.25, 0.3) is 10.1 Å². The van der Waals surface area contributed by atoms with Crippen molar-refractivity contribution >= 4 is 63.9 Å². The first-order valence-electron chi connectivity index (χ1n) is 15.3. The van der Waals surface area contributed by atoms with Crippen molar-refractivity contribution in [3.8, 4) is 0 Å². The van der Waals surface area contributed by atoms with Crippen molar-refractivity contribution in [3.63, 3.8) is 0 Å². The molecule has 2 aromatic heterocycles. The van der Waals surface area contributed by atoms with E-state index in [1.165, 1.54) is 12.1 Å². The first kappa shape index (κ1) is 36.6. The van der Waals surface area contributed by atoms with Crippen LogP contribution in [0, 0.1) is 6.92 Å². The molecule has 248 valence electrons. The van der Waals surface area contributed by atoms with E-state index in [1.807, 2.05) is 32.0 Å². The Morgan fingerprint density at radius 2 is 1.48 bits per heavy atom. The number of rotatable bonds is 21. The second-order valence-corrected chi connectivity index (χ2v) is 13.8. The second kappa shape index (κ2) is 17.8. The van der Waals surface area contributed by atoms with Gasteiger partial charge in [0.15, 0.2) is 0 Å². The Bertz CT molecular complexity index is 1650. The van der Waals surface area contributed by atoms with Crippen molar-refractivity contribution in [1.29, 1.82) is 0 Å². The summed E-state index contributed by atoms with van der Waals surface area (Å²) in [7, 11) is -3.79. The molecular weight excluding hydrogens is 805 g/mol. The molecule has 0 aliphatic heterocycles. The van der Waals surface area contributed by atoms with Gasteiger partial charge in [-0.1, -0.05) is 17.7 Å². The molecule has 0 aliphatic rings. The third kappa shape index (κ3) is 10.4. The van der Waals surface area contributed by atoms with Crippen LogP contribution in [0.5, 0.6) is 0 Å². The molecule has 0 unspecified atom stereocenters. The SMILES string of the molecule is CCOCc1nc2c([NH][Tl])nc3ccccc3c2n1CC(C)(C)OCCOCCOCCOCCOS(=O)(=O)c1ccc(C)cc1. The minimum atomic E-state index is -3.79. The number of hydrogen-bond acceptors (Lipinski definition) is 11. The minimum absolute atomic E-state index is 0.0625. The van der Waals surface area contributed by atoms with Crippen LogP contribution in [0.1, 0.15) is 32.2 Å². The third-order valence-corrected chi connectivity index (χ3v) is 9.40. The quantitative estimate of drug-likeness (QED) is 0.0737. The molecule has 0 radical (unpaired) electrons. The van der Waals surface area contributed by atoms with E-state index in [2.05, 4.69) is 27.6 Å². The summed E-state index contributed by atoms with van der Waals surface area (Å²) in [5.41, 5.74) is 3.26. The Morgan fingerprint density at radius 3 is 2.13 bits per heavy atom. The van der Waals surface area contributed by atoms with E-state index in [0.717, 1.165) is 39.1 Å². The van der Waals surface area contributed by atoms with Gasteiger partial charge >= 0.3 is 182 Å². The van der Waals surface area contributed by atoms with Gasteiger partial charge in [0.05, 0.1) is 37.9 Å². The number of aryl methyl sites for hydroxylation is 1. The topological polar surface area (TPSA) is 132 Å². The number of anilines is 1. The number of ether oxygens (including phenoxy) is 5. The van der Waals surface area contributed by atoms with Gasteiger partial charge in [-0.15, -0.1) is 0 Å². The molecule has 0 atom stereocenters. The molecule has 0 fully saturated rings. The number of nitrogens with one attached hydrogen (secondary N) is 1. The second-order valence-electron chi connectivity index (χ2n) is 11.1. The van der Waals surface area contributed by atoms with Gasteiger partial charge < -0.3 is 9.47 Å². The van der Waals surface area contributed by atoms with Crippen LogP contribution in [0.15, 0.2) is 53.4 Å². The van der Waals surface area contributed by atoms with Gasteiger partial charge in [-0.3, -0.25) is 4.18 Å². The zero-order valence-corrected chi connectivity index (χ0v) is 32.3. The summed E-state index contributed by atoms with van der Waals surface area (Å²) in [5, 5.41) is 1.04. The smallest absolute Gasteiger partial charge is 0.377 e. The molecule has 0 saturated carbocycles. The Hall–Kier alpha value is -2.25. The molecule has 0 bridgehead atoms. The summed E-state index contributed by atoms with van der Waals surface area (Å²) in [6.45, 7) is 12.0. The number of pyridine rings is 1. The summed E-state index contributed by atoms with van der Waals surface area (Å²) < 4.78 is 63.6. The van der Waals surface area contributed by atoms with E-state index in [0.29, 0.717) is 85.5 Å². The van der Waals surface area contributed by atoms with Gasteiger partial charge in [0.2, 0.25) is 0 Å². The number of para-hydroxylation sites is 1. The molecule has 0 saturated heterocycles. The van der Waals surface area contributed by atoms with Crippen LogP contribution in [-0.2, 0) is 51.1 Å². The van der Waals surface area contributed by atoms with E-state index < -0.39 is 15.7 Å². The predicted octanol–water partition coefficient (Wildman–Crippen LogP) is 4.18. The van der Waals surface area contributed by atoms with E-state index in [4.69, 9.17) is 37.8 Å². The molecule has 12 nitrogen and oxygen atoms in total. The van der Waals surface area contributed by atoms with E-state index >= 15 is 0 Å². The molecule has 2 heterocycles. The van der Waals surface area contributed by atoms with Crippen LogP contribution in [0.25, 0.3) is 21.9 Å².